The van der Waals surface area contributed by atoms with E-state index in [4.69, 9.17) is 0 Å². The molecule has 0 saturated heterocycles. The van der Waals surface area contributed by atoms with E-state index >= 15 is 0 Å². The Morgan fingerprint density at radius 3 is 2.32 bits per heavy atom. The lowest BCUT2D eigenvalue weighted by atomic mass is 10.0. The first-order chi connectivity index (χ1) is 17.9. The van der Waals surface area contributed by atoms with Gasteiger partial charge in [0.1, 0.15) is 11.5 Å². The highest BCUT2D eigenvalue weighted by atomic mass is 19.1. The summed E-state index contributed by atoms with van der Waals surface area (Å²) in [4.78, 5) is 34.2. The average Bonchev–Trinajstić information content (AvgIpc) is 2.92. The van der Waals surface area contributed by atoms with Gasteiger partial charge in [0.15, 0.2) is 0 Å². The molecule has 9 heteroatoms. The molecule has 2 aromatic heterocycles. The third-order valence-electron chi connectivity index (χ3n) is 5.95. The third kappa shape index (κ3) is 4.87. The first-order valence-corrected chi connectivity index (χ1v) is 11.5. The third-order valence-corrected chi connectivity index (χ3v) is 5.95. The van der Waals surface area contributed by atoms with Gasteiger partial charge >= 0.3 is 6.03 Å². The number of amides is 2. The number of nitrogens with zero attached hydrogens (tertiary/aromatic N) is 3. The fraction of sp³-hybridized carbons (Fsp3) is 0.0714. The molecule has 5 rings (SSSR count). The molecule has 5 aromatic rings. The number of nitrogens with one attached hydrogen (secondary N) is 3. The van der Waals surface area contributed by atoms with E-state index in [0.717, 1.165) is 11.1 Å². The highest BCUT2D eigenvalue weighted by Gasteiger charge is 2.14. The average molecular weight is 495 g/mol. The predicted octanol–water partition coefficient (Wildman–Crippen LogP) is 5.49. The normalized spacial score (nSPS) is 10.8. The van der Waals surface area contributed by atoms with Crippen LogP contribution in [0, 0.1) is 5.82 Å². The topological polar surface area (TPSA) is 101 Å². The number of aryl methyl sites for hydroxylation is 1. The fourth-order valence-corrected chi connectivity index (χ4v) is 4.02. The Bertz CT molecular complexity index is 1670. The number of fused-ring (bicyclic) bond motifs is 1. The van der Waals surface area contributed by atoms with Crippen molar-refractivity contribution in [3.05, 3.63) is 101 Å². The fourth-order valence-electron chi connectivity index (χ4n) is 4.02. The molecular weight excluding hydrogens is 471 g/mol. The van der Waals surface area contributed by atoms with Crippen molar-refractivity contribution >= 4 is 34.4 Å². The van der Waals surface area contributed by atoms with E-state index in [0.29, 0.717) is 33.8 Å². The summed E-state index contributed by atoms with van der Waals surface area (Å²) in [5.74, 6) is -0.234. The number of urea groups is 1. The van der Waals surface area contributed by atoms with Crippen molar-refractivity contribution in [1.29, 1.82) is 0 Å². The number of hydrogen-bond donors (Lipinski definition) is 3. The summed E-state index contributed by atoms with van der Waals surface area (Å²) >= 11 is 0. The van der Waals surface area contributed by atoms with Gasteiger partial charge < -0.3 is 16.0 Å². The monoisotopic (exact) mass is 494 g/mol. The van der Waals surface area contributed by atoms with Gasteiger partial charge in [0.25, 0.3) is 5.56 Å². The van der Waals surface area contributed by atoms with Crippen LogP contribution in [0.1, 0.15) is 0 Å². The zero-order chi connectivity index (χ0) is 25.9. The number of halogens is 1. The van der Waals surface area contributed by atoms with Gasteiger partial charge in [-0.3, -0.25) is 9.36 Å². The van der Waals surface area contributed by atoms with Crippen LogP contribution in [0.5, 0.6) is 0 Å². The second-order valence-corrected chi connectivity index (χ2v) is 8.36. The van der Waals surface area contributed by atoms with E-state index < -0.39 is 11.8 Å². The maximum absolute atomic E-state index is 14.6. The summed E-state index contributed by atoms with van der Waals surface area (Å²) in [6.45, 7) is 0. The lowest BCUT2D eigenvalue weighted by Crippen LogP contribution is -2.21. The number of anilines is 3. The Kier molecular flexibility index (Phi) is 6.34. The number of hydrogen-bond acceptors (Lipinski definition) is 5. The second kappa shape index (κ2) is 9.90. The van der Waals surface area contributed by atoms with Crippen LogP contribution in [0.4, 0.5) is 26.5 Å². The van der Waals surface area contributed by atoms with E-state index in [1.165, 1.54) is 22.8 Å². The summed E-state index contributed by atoms with van der Waals surface area (Å²) in [5, 5.41) is 8.73. The van der Waals surface area contributed by atoms with Crippen LogP contribution in [0.2, 0.25) is 0 Å². The lowest BCUT2D eigenvalue weighted by molar-refractivity contribution is 0.262. The van der Waals surface area contributed by atoms with E-state index in [1.807, 2.05) is 42.5 Å². The first-order valence-electron chi connectivity index (χ1n) is 11.5. The summed E-state index contributed by atoms with van der Waals surface area (Å²) in [7, 11) is 3.30. The number of carbonyl (C=O) groups is 1. The molecule has 0 unspecified atom stereocenters. The zero-order valence-electron chi connectivity index (χ0n) is 20.1. The molecule has 2 amide bonds. The van der Waals surface area contributed by atoms with Crippen molar-refractivity contribution in [1.82, 2.24) is 14.5 Å². The lowest BCUT2D eigenvalue weighted by Gasteiger charge is -2.12. The molecular formula is C28H23FN6O2. The van der Waals surface area contributed by atoms with Gasteiger partial charge in [-0.15, -0.1) is 0 Å². The van der Waals surface area contributed by atoms with Crippen LogP contribution in [-0.2, 0) is 7.05 Å². The van der Waals surface area contributed by atoms with Crippen LogP contribution in [0.3, 0.4) is 0 Å². The SMILES string of the molecule is CNc1ncc2cc(-c3ccc(F)c(NC(=O)Nc4ccc(-c5ccccc5)cc4)c3)c(=O)n(C)c2n1. The second-order valence-electron chi connectivity index (χ2n) is 8.36. The molecule has 0 atom stereocenters. The number of rotatable bonds is 5. The molecule has 0 aliphatic carbocycles. The van der Waals surface area contributed by atoms with Crippen LogP contribution in [-0.4, -0.2) is 27.6 Å². The van der Waals surface area contributed by atoms with E-state index in [-0.39, 0.29) is 11.2 Å². The molecule has 0 bridgehead atoms. The molecule has 184 valence electrons. The molecule has 0 aliphatic heterocycles. The number of aromatic nitrogens is 3. The molecule has 0 radical (unpaired) electrons. The van der Waals surface area contributed by atoms with Gasteiger partial charge in [0.2, 0.25) is 5.95 Å². The number of pyridine rings is 1. The van der Waals surface area contributed by atoms with Crippen LogP contribution in [0.25, 0.3) is 33.3 Å². The van der Waals surface area contributed by atoms with Gasteiger partial charge in [0.05, 0.1) is 5.69 Å². The van der Waals surface area contributed by atoms with Crippen LogP contribution in [0.15, 0.2) is 89.9 Å². The zero-order valence-corrected chi connectivity index (χ0v) is 20.1. The van der Waals surface area contributed by atoms with Gasteiger partial charge in [-0.25, -0.2) is 14.2 Å². The standard InChI is InChI=1S/C28H23FN6O2/c1-30-27-31-16-20-14-22(26(36)35(2)25(20)34-27)19-10-13-23(29)24(15-19)33-28(37)32-21-11-8-18(9-12-21)17-6-4-3-5-7-17/h3-16H,1-2H3,(H,30,31,34)(H2,32,33,37). The van der Waals surface area contributed by atoms with Crippen molar-refractivity contribution in [2.75, 3.05) is 23.0 Å². The molecule has 0 saturated carbocycles. The number of benzene rings is 3. The largest absolute Gasteiger partial charge is 0.357 e. The molecule has 37 heavy (non-hydrogen) atoms. The summed E-state index contributed by atoms with van der Waals surface area (Å²) in [6.07, 6.45) is 1.61. The van der Waals surface area contributed by atoms with Gasteiger partial charge in [0, 0.05) is 36.9 Å². The summed E-state index contributed by atoms with van der Waals surface area (Å²) in [6, 6.07) is 22.4. The summed E-state index contributed by atoms with van der Waals surface area (Å²) < 4.78 is 16.0. The first kappa shape index (κ1) is 23.7. The Morgan fingerprint density at radius 1 is 0.892 bits per heavy atom. The Labute approximate surface area is 211 Å². The minimum absolute atomic E-state index is 0.0557. The van der Waals surface area contributed by atoms with Crippen molar-refractivity contribution in [3.8, 4) is 22.3 Å². The highest BCUT2D eigenvalue weighted by Crippen LogP contribution is 2.26. The van der Waals surface area contributed by atoms with E-state index in [9.17, 15) is 14.0 Å². The van der Waals surface area contributed by atoms with Crippen molar-refractivity contribution in [3.63, 3.8) is 0 Å². The molecule has 0 fully saturated rings. The molecule has 0 aliphatic rings. The Hall–Kier alpha value is -5.05. The highest BCUT2D eigenvalue weighted by molar-refractivity contribution is 6.00. The molecule has 2 heterocycles. The van der Waals surface area contributed by atoms with E-state index in [1.54, 1.807) is 38.5 Å². The maximum Gasteiger partial charge on any atom is 0.323 e. The smallest absolute Gasteiger partial charge is 0.323 e. The van der Waals surface area contributed by atoms with Crippen LogP contribution >= 0.6 is 0 Å². The van der Waals surface area contributed by atoms with Crippen molar-refractivity contribution < 1.29 is 9.18 Å². The Balaban J connectivity index is 1.38. The molecule has 0 spiro atoms. The van der Waals surface area contributed by atoms with Gasteiger partial charge in [-0.2, -0.15) is 4.98 Å². The van der Waals surface area contributed by atoms with Gasteiger partial charge in [-0.05, 0) is 47.0 Å². The predicted molar refractivity (Wildman–Crippen MR) is 144 cm³/mol. The van der Waals surface area contributed by atoms with Crippen molar-refractivity contribution in [2.45, 2.75) is 0 Å². The molecule has 3 aromatic carbocycles. The van der Waals surface area contributed by atoms with Crippen molar-refractivity contribution in [2.24, 2.45) is 7.05 Å². The summed E-state index contributed by atoms with van der Waals surface area (Å²) in [5.41, 5.74) is 3.50. The van der Waals surface area contributed by atoms with Gasteiger partial charge in [-0.1, -0.05) is 48.5 Å². The van der Waals surface area contributed by atoms with Crippen LogP contribution < -0.4 is 21.5 Å². The molecule has 8 nitrogen and oxygen atoms in total. The number of carbonyl (C=O) groups excluding carboxylic acids is 1. The minimum Gasteiger partial charge on any atom is -0.357 e. The van der Waals surface area contributed by atoms with E-state index in [2.05, 4.69) is 25.9 Å². The minimum atomic E-state index is -0.627. The quantitative estimate of drug-likeness (QED) is 0.300. The maximum atomic E-state index is 14.6. The Morgan fingerprint density at radius 2 is 1.59 bits per heavy atom. The molecule has 3 N–H and O–H groups in total.